The molecule has 4 nitrogen and oxygen atoms in total. The van der Waals surface area contributed by atoms with E-state index in [0.29, 0.717) is 12.1 Å². The first kappa shape index (κ1) is 13.1. The molecule has 19 heavy (non-hydrogen) atoms. The van der Waals surface area contributed by atoms with Crippen molar-refractivity contribution in [3.8, 4) is 0 Å². The summed E-state index contributed by atoms with van der Waals surface area (Å²) in [6.07, 6.45) is 0. The number of nitrogens with one attached hydrogen (secondary N) is 1. The molecule has 0 heterocycles. The van der Waals surface area contributed by atoms with Crippen molar-refractivity contribution in [2.75, 3.05) is 5.32 Å². The Hall–Kier alpha value is -2.33. The number of amides is 1. The predicted octanol–water partition coefficient (Wildman–Crippen LogP) is 1.89. The summed E-state index contributed by atoms with van der Waals surface area (Å²) in [5.74, 6) is -0.417. The Labute approximate surface area is 111 Å². The molecule has 2 aromatic rings. The third kappa shape index (κ3) is 3.56. The fourth-order valence-corrected chi connectivity index (χ4v) is 1.72. The molecule has 0 fully saturated rings. The van der Waals surface area contributed by atoms with Gasteiger partial charge in [-0.05, 0) is 35.4 Å². The quantitative estimate of drug-likeness (QED) is 0.764. The minimum absolute atomic E-state index is 0.0505. The maximum Gasteiger partial charge on any atom is 0.248 e. The Morgan fingerprint density at radius 2 is 1.58 bits per heavy atom. The van der Waals surface area contributed by atoms with Crippen molar-refractivity contribution in [2.24, 2.45) is 5.73 Å². The molecule has 0 radical (unpaired) electrons. The number of anilines is 1. The Morgan fingerprint density at radius 3 is 2.11 bits per heavy atom. The van der Waals surface area contributed by atoms with Crippen molar-refractivity contribution >= 4 is 11.6 Å². The number of rotatable bonds is 5. The number of benzene rings is 2. The van der Waals surface area contributed by atoms with Crippen LogP contribution in [0.1, 0.15) is 21.5 Å². The van der Waals surface area contributed by atoms with E-state index in [1.807, 2.05) is 36.4 Å². The summed E-state index contributed by atoms with van der Waals surface area (Å²) < 4.78 is 0. The van der Waals surface area contributed by atoms with Gasteiger partial charge in [0.15, 0.2) is 0 Å². The Morgan fingerprint density at radius 1 is 1.00 bits per heavy atom. The molecule has 0 bridgehead atoms. The maximum atomic E-state index is 10.9. The lowest BCUT2D eigenvalue weighted by molar-refractivity contribution is 0.100. The van der Waals surface area contributed by atoms with Gasteiger partial charge < -0.3 is 16.2 Å². The minimum Gasteiger partial charge on any atom is -0.392 e. The lowest BCUT2D eigenvalue weighted by atomic mass is 10.1. The number of carbonyl (C=O) groups is 1. The summed E-state index contributed by atoms with van der Waals surface area (Å²) in [4.78, 5) is 10.9. The number of primary amides is 1. The van der Waals surface area contributed by atoms with Gasteiger partial charge in [0.25, 0.3) is 0 Å². The average molecular weight is 256 g/mol. The number of hydrogen-bond acceptors (Lipinski definition) is 3. The van der Waals surface area contributed by atoms with Gasteiger partial charge in [-0.1, -0.05) is 24.3 Å². The van der Waals surface area contributed by atoms with Gasteiger partial charge in [0, 0.05) is 17.8 Å². The molecule has 2 rings (SSSR count). The lowest BCUT2D eigenvalue weighted by Gasteiger charge is -2.07. The minimum atomic E-state index is -0.417. The highest BCUT2D eigenvalue weighted by molar-refractivity contribution is 5.92. The molecule has 0 aliphatic rings. The lowest BCUT2D eigenvalue weighted by Crippen LogP contribution is -2.10. The first-order chi connectivity index (χ1) is 9.19. The second kappa shape index (κ2) is 6.02. The molecule has 0 spiro atoms. The zero-order valence-corrected chi connectivity index (χ0v) is 10.5. The zero-order chi connectivity index (χ0) is 13.7. The Balaban J connectivity index is 1.95. The van der Waals surface area contributed by atoms with E-state index in [4.69, 9.17) is 10.8 Å². The fraction of sp³-hybridized carbons (Fsp3) is 0.133. The van der Waals surface area contributed by atoms with Crippen molar-refractivity contribution < 1.29 is 9.90 Å². The Kier molecular flexibility index (Phi) is 4.15. The number of aliphatic hydroxyl groups excluding tert-OH is 1. The SMILES string of the molecule is NC(=O)c1ccc(CNc2ccc(CO)cc2)cc1. The summed E-state index contributed by atoms with van der Waals surface area (Å²) in [7, 11) is 0. The van der Waals surface area contributed by atoms with Crippen molar-refractivity contribution in [3.63, 3.8) is 0 Å². The van der Waals surface area contributed by atoms with Gasteiger partial charge in [-0.25, -0.2) is 0 Å². The number of hydrogen-bond donors (Lipinski definition) is 3. The highest BCUT2D eigenvalue weighted by Gasteiger charge is 2.00. The predicted molar refractivity (Wildman–Crippen MR) is 74.7 cm³/mol. The molecule has 1 amide bonds. The van der Waals surface area contributed by atoms with E-state index in [1.54, 1.807) is 12.1 Å². The molecule has 4 N–H and O–H groups in total. The Bertz CT molecular complexity index is 547. The molecule has 0 saturated heterocycles. The molecule has 0 unspecified atom stereocenters. The van der Waals surface area contributed by atoms with Crippen LogP contribution in [0.4, 0.5) is 5.69 Å². The molecule has 0 atom stereocenters. The molecule has 4 heteroatoms. The molecule has 0 saturated carbocycles. The summed E-state index contributed by atoms with van der Waals surface area (Å²) in [6, 6.07) is 14.8. The molecule has 0 aromatic heterocycles. The van der Waals surface area contributed by atoms with E-state index in [1.165, 1.54) is 0 Å². The number of carbonyl (C=O) groups excluding carboxylic acids is 1. The summed E-state index contributed by atoms with van der Waals surface area (Å²) in [5.41, 5.74) is 8.63. The second-order valence-corrected chi connectivity index (χ2v) is 4.27. The van der Waals surface area contributed by atoms with E-state index in [-0.39, 0.29) is 6.61 Å². The van der Waals surface area contributed by atoms with Gasteiger partial charge in [0.05, 0.1) is 6.61 Å². The van der Waals surface area contributed by atoms with E-state index < -0.39 is 5.91 Å². The standard InChI is InChI=1S/C15H16N2O2/c16-15(19)13-5-1-11(2-6-13)9-17-14-7-3-12(10-18)4-8-14/h1-8,17-18H,9-10H2,(H2,16,19). The van der Waals surface area contributed by atoms with Crippen molar-refractivity contribution in [1.29, 1.82) is 0 Å². The van der Waals surface area contributed by atoms with Crippen LogP contribution in [-0.4, -0.2) is 11.0 Å². The van der Waals surface area contributed by atoms with Gasteiger partial charge in [-0.3, -0.25) is 4.79 Å². The highest BCUT2D eigenvalue weighted by Crippen LogP contribution is 2.12. The first-order valence-electron chi connectivity index (χ1n) is 6.01. The monoisotopic (exact) mass is 256 g/mol. The van der Waals surface area contributed by atoms with Gasteiger partial charge >= 0.3 is 0 Å². The molecule has 98 valence electrons. The molecule has 2 aromatic carbocycles. The summed E-state index contributed by atoms with van der Waals surface area (Å²) in [5, 5.41) is 12.2. The third-order valence-electron chi connectivity index (χ3n) is 2.87. The van der Waals surface area contributed by atoms with E-state index >= 15 is 0 Å². The van der Waals surface area contributed by atoms with Gasteiger partial charge in [0.2, 0.25) is 5.91 Å². The highest BCUT2D eigenvalue weighted by atomic mass is 16.3. The molecular formula is C15H16N2O2. The van der Waals surface area contributed by atoms with Crippen LogP contribution in [0.3, 0.4) is 0 Å². The smallest absolute Gasteiger partial charge is 0.248 e. The van der Waals surface area contributed by atoms with Crippen LogP contribution in [0.25, 0.3) is 0 Å². The largest absolute Gasteiger partial charge is 0.392 e. The van der Waals surface area contributed by atoms with Gasteiger partial charge in [0.1, 0.15) is 0 Å². The zero-order valence-electron chi connectivity index (χ0n) is 10.5. The van der Waals surface area contributed by atoms with E-state index in [2.05, 4.69) is 5.32 Å². The van der Waals surface area contributed by atoms with E-state index in [9.17, 15) is 4.79 Å². The van der Waals surface area contributed by atoms with Crippen molar-refractivity contribution in [1.82, 2.24) is 0 Å². The van der Waals surface area contributed by atoms with Crippen LogP contribution >= 0.6 is 0 Å². The summed E-state index contributed by atoms with van der Waals surface area (Å²) >= 11 is 0. The van der Waals surface area contributed by atoms with Crippen LogP contribution in [0.5, 0.6) is 0 Å². The number of nitrogens with two attached hydrogens (primary N) is 1. The topological polar surface area (TPSA) is 75.4 Å². The van der Waals surface area contributed by atoms with E-state index in [0.717, 1.165) is 16.8 Å². The van der Waals surface area contributed by atoms with Crippen LogP contribution < -0.4 is 11.1 Å². The first-order valence-corrected chi connectivity index (χ1v) is 6.01. The van der Waals surface area contributed by atoms with Crippen LogP contribution in [0.2, 0.25) is 0 Å². The average Bonchev–Trinajstić information content (AvgIpc) is 2.46. The normalized spacial score (nSPS) is 10.2. The van der Waals surface area contributed by atoms with Crippen molar-refractivity contribution in [3.05, 3.63) is 65.2 Å². The number of aliphatic hydroxyl groups is 1. The van der Waals surface area contributed by atoms with Gasteiger partial charge in [-0.2, -0.15) is 0 Å². The van der Waals surface area contributed by atoms with Crippen molar-refractivity contribution in [2.45, 2.75) is 13.2 Å². The third-order valence-corrected chi connectivity index (χ3v) is 2.87. The molecular weight excluding hydrogens is 240 g/mol. The second-order valence-electron chi connectivity index (χ2n) is 4.27. The maximum absolute atomic E-state index is 10.9. The van der Waals surface area contributed by atoms with Crippen LogP contribution in [0.15, 0.2) is 48.5 Å². The molecule has 0 aliphatic heterocycles. The van der Waals surface area contributed by atoms with Gasteiger partial charge in [-0.15, -0.1) is 0 Å². The fourth-order valence-electron chi connectivity index (χ4n) is 1.72. The van der Waals surface area contributed by atoms with Crippen LogP contribution in [0, 0.1) is 0 Å². The van der Waals surface area contributed by atoms with Crippen LogP contribution in [-0.2, 0) is 13.2 Å². The summed E-state index contributed by atoms with van der Waals surface area (Å²) in [6.45, 7) is 0.715. The molecule has 0 aliphatic carbocycles.